The average molecular weight is 305 g/mol. The molecule has 0 unspecified atom stereocenters. The maximum absolute atomic E-state index is 13.1. The first-order chi connectivity index (χ1) is 8.54. The first-order valence-electron chi connectivity index (χ1n) is 5.18. The van der Waals surface area contributed by atoms with E-state index in [4.69, 9.17) is 34.8 Å². The van der Waals surface area contributed by atoms with E-state index >= 15 is 0 Å². The lowest BCUT2D eigenvalue weighted by molar-refractivity contribution is 0.628. The molecule has 0 saturated carbocycles. The highest BCUT2D eigenvalue weighted by molar-refractivity contribution is 6.35. The maximum Gasteiger partial charge on any atom is 0.126 e. The van der Waals surface area contributed by atoms with Gasteiger partial charge in [0.25, 0.3) is 0 Å². The van der Waals surface area contributed by atoms with Crippen LogP contribution in [-0.4, -0.2) is 0 Å². The number of nitrogens with one attached hydrogen (secondary N) is 1. The van der Waals surface area contributed by atoms with E-state index in [1.165, 1.54) is 12.1 Å². The summed E-state index contributed by atoms with van der Waals surface area (Å²) in [5, 5.41) is 4.55. The van der Waals surface area contributed by atoms with E-state index in [1.807, 2.05) is 6.07 Å². The largest absolute Gasteiger partial charge is 0.381 e. The molecule has 1 nitrogen and oxygen atoms in total. The van der Waals surface area contributed by atoms with Gasteiger partial charge < -0.3 is 5.32 Å². The molecule has 2 rings (SSSR count). The van der Waals surface area contributed by atoms with Gasteiger partial charge >= 0.3 is 0 Å². The fourth-order valence-corrected chi connectivity index (χ4v) is 2.22. The van der Waals surface area contributed by atoms with Gasteiger partial charge in [0.2, 0.25) is 0 Å². The van der Waals surface area contributed by atoms with Crippen molar-refractivity contribution in [2.75, 3.05) is 5.32 Å². The fourth-order valence-electron chi connectivity index (χ4n) is 1.52. The molecule has 0 aliphatic heterocycles. The summed E-state index contributed by atoms with van der Waals surface area (Å²) in [7, 11) is 0. The number of anilines is 1. The molecule has 0 saturated heterocycles. The molecule has 0 aliphatic carbocycles. The minimum absolute atomic E-state index is 0.347. The van der Waals surface area contributed by atoms with Crippen LogP contribution in [0.5, 0.6) is 0 Å². The molecule has 0 spiro atoms. The predicted molar refractivity (Wildman–Crippen MR) is 75.2 cm³/mol. The first-order valence-corrected chi connectivity index (χ1v) is 6.32. The highest BCUT2D eigenvalue weighted by atomic mass is 35.5. The minimum atomic E-state index is -0.382. The second-order valence-electron chi connectivity index (χ2n) is 3.75. The minimum Gasteiger partial charge on any atom is -0.381 e. The Morgan fingerprint density at radius 3 is 2.39 bits per heavy atom. The molecule has 0 atom stereocenters. The molecule has 0 amide bonds. The van der Waals surface area contributed by atoms with Crippen LogP contribution in [0, 0.1) is 5.82 Å². The maximum atomic E-state index is 13.1. The van der Waals surface area contributed by atoms with Gasteiger partial charge in [-0.15, -0.1) is 0 Å². The molecule has 18 heavy (non-hydrogen) atoms. The molecule has 0 aromatic heterocycles. The Labute approximate surface area is 119 Å². The Morgan fingerprint density at radius 2 is 1.72 bits per heavy atom. The van der Waals surface area contributed by atoms with Gasteiger partial charge in [0.15, 0.2) is 0 Å². The third-order valence-electron chi connectivity index (χ3n) is 2.36. The zero-order valence-electron chi connectivity index (χ0n) is 9.18. The Morgan fingerprint density at radius 1 is 0.944 bits per heavy atom. The number of halogens is 4. The van der Waals surface area contributed by atoms with E-state index in [-0.39, 0.29) is 5.82 Å². The van der Waals surface area contributed by atoms with Crippen LogP contribution < -0.4 is 5.32 Å². The van der Waals surface area contributed by atoms with Crippen LogP contribution in [0.3, 0.4) is 0 Å². The topological polar surface area (TPSA) is 12.0 Å². The summed E-state index contributed by atoms with van der Waals surface area (Å²) in [4.78, 5) is 0. The molecular weight excluding hydrogens is 296 g/mol. The van der Waals surface area contributed by atoms with E-state index in [0.717, 1.165) is 5.56 Å². The van der Waals surface area contributed by atoms with Gasteiger partial charge in [-0.1, -0.05) is 40.9 Å². The molecule has 1 N–H and O–H groups in total. The second kappa shape index (κ2) is 5.79. The second-order valence-corrected chi connectivity index (χ2v) is 5.03. The molecule has 0 aliphatic rings. The van der Waals surface area contributed by atoms with Crippen molar-refractivity contribution in [3.05, 3.63) is 62.8 Å². The number of hydrogen-bond donors (Lipinski definition) is 1. The molecule has 0 radical (unpaired) electrons. The molecule has 2 aromatic carbocycles. The van der Waals surface area contributed by atoms with Crippen LogP contribution in [0.4, 0.5) is 10.1 Å². The highest BCUT2D eigenvalue weighted by Crippen LogP contribution is 2.23. The Kier molecular flexibility index (Phi) is 4.33. The lowest BCUT2D eigenvalue weighted by atomic mass is 10.2. The van der Waals surface area contributed by atoms with E-state index in [2.05, 4.69) is 5.32 Å². The summed E-state index contributed by atoms with van der Waals surface area (Å²) < 4.78 is 13.1. The lowest BCUT2D eigenvalue weighted by Gasteiger charge is -2.09. The number of rotatable bonds is 3. The van der Waals surface area contributed by atoms with Gasteiger partial charge in [-0.3, -0.25) is 0 Å². The van der Waals surface area contributed by atoms with Gasteiger partial charge in [0.1, 0.15) is 5.82 Å². The van der Waals surface area contributed by atoms with Crippen LogP contribution in [-0.2, 0) is 6.54 Å². The van der Waals surface area contributed by atoms with Crippen molar-refractivity contribution < 1.29 is 4.39 Å². The van der Waals surface area contributed by atoms with Crippen molar-refractivity contribution in [2.45, 2.75) is 6.54 Å². The SMILES string of the molecule is Fc1cc(Cl)cc(NCc2ccc(Cl)cc2Cl)c1. The summed E-state index contributed by atoms with van der Waals surface area (Å²) >= 11 is 17.6. The van der Waals surface area contributed by atoms with Crippen LogP contribution in [0.2, 0.25) is 15.1 Å². The van der Waals surface area contributed by atoms with E-state index in [1.54, 1.807) is 18.2 Å². The zero-order valence-corrected chi connectivity index (χ0v) is 11.5. The summed E-state index contributed by atoms with van der Waals surface area (Å²) in [5.41, 5.74) is 1.48. The van der Waals surface area contributed by atoms with Crippen molar-refractivity contribution in [3.8, 4) is 0 Å². The zero-order chi connectivity index (χ0) is 13.1. The Bertz CT molecular complexity index is 552. The van der Waals surface area contributed by atoms with Gasteiger partial charge in [0.05, 0.1) is 0 Å². The first kappa shape index (κ1) is 13.5. The van der Waals surface area contributed by atoms with Gasteiger partial charge in [-0.25, -0.2) is 4.39 Å². The van der Waals surface area contributed by atoms with Crippen LogP contribution in [0.1, 0.15) is 5.56 Å². The quantitative estimate of drug-likeness (QED) is 0.800. The molecule has 94 valence electrons. The Hall–Kier alpha value is -0.960. The summed E-state index contributed by atoms with van der Waals surface area (Å²) in [6.45, 7) is 0.468. The molecule has 5 heteroatoms. The van der Waals surface area contributed by atoms with E-state index in [0.29, 0.717) is 27.3 Å². The molecular formula is C13H9Cl3FN. The van der Waals surface area contributed by atoms with E-state index in [9.17, 15) is 4.39 Å². The summed E-state index contributed by atoms with van der Waals surface area (Å²) in [6.07, 6.45) is 0. The van der Waals surface area contributed by atoms with Gasteiger partial charge in [-0.05, 0) is 35.9 Å². The van der Waals surface area contributed by atoms with E-state index < -0.39 is 0 Å². The van der Waals surface area contributed by atoms with Crippen molar-refractivity contribution in [1.82, 2.24) is 0 Å². The summed E-state index contributed by atoms with van der Waals surface area (Å²) in [6, 6.07) is 9.51. The highest BCUT2D eigenvalue weighted by Gasteiger charge is 2.03. The molecule has 0 fully saturated rings. The molecule has 2 aromatic rings. The molecule has 0 bridgehead atoms. The van der Waals surface area contributed by atoms with Crippen molar-refractivity contribution in [2.24, 2.45) is 0 Å². The van der Waals surface area contributed by atoms with Crippen LogP contribution in [0.15, 0.2) is 36.4 Å². The monoisotopic (exact) mass is 303 g/mol. The van der Waals surface area contributed by atoms with Crippen LogP contribution in [0.25, 0.3) is 0 Å². The van der Waals surface area contributed by atoms with Crippen LogP contribution >= 0.6 is 34.8 Å². The Balaban J connectivity index is 2.11. The van der Waals surface area contributed by atoms with Gasteiger partial charge in [0, 0.05) is 27.3 Å². The van der Waals surface area contributed by atoms with Gasteiger partial charge in [-0.2, -0.15) is 0 Å². The normalized spacial score (nSPS) is 10.4. The number of benzene rings is 2. The standard InChI is InChI=1S/C13H9Cl3FN/c14-9-2-1-8(13(16)5-9)7-18-12-4-10(15)3-11(17)6-12/h1-6,18H,7H2. The van der Waals surface area contributed by atoms with Crippen molar-refractivity contribution in [3.63, 3.8) is 0 Å². The molecule has 0 heterocycles. The average Bonchev–Trinajstić information content (AvgIpc) is 2.26. The van der Waals surface area contributed by atoms with Crippen molar-refractivity contribution in [1.29, 1.82) is 0 Å². The van der Waals surface area contributed by atoms with Crippen molar-refractivity contribution >= 4 is 40.5 Å². The predicted octanol–water partition coefficient (Wildman–Crippen LogP) is 5.40. The summed E-state index contributed by atoms with van der Waals surface area (Å²) in [5.74, 6) is -0.382. The smallest absolute Gasteiger partial charge is 0.126 e. The fraction of sp³-hybridized carbons (Fsp3) is 0.0769. The third-order valence-corrected chi connectivity index (χ3v) is 3.17. The number of hydrogen-bond acceptors (Lipinski definition) is 1. The third kappa shape index (κ3) is 3.52. The lowest BCUT2D eigenvalue weighted by Crippen LogP contribution is -2.00.